The summed E-state index contributed by atoms with van der Waals surface area (Å²) in [5.74, 6) is -3.12. The first-order valence-electron chi connectivity index (χ1n) is 16.9. The molecule has 5 aromatic rings. The summed E-state index contributed by atoms with van der Waals surface area (Å²) in [7, 11) is 0. The van der Waals surface area contributed by atoms with Crippen LogP contribution in [0, 0.1) is 22.7 Å². The number of rotatable bonds is 5. The van der Waals surface area contributed by atoms with Crippen LogP contribution in [0.1, 0.15) is 89.3 Å². The second kappa shape index (κ2) is 12.0. The predicted octanol–water partition coefficient (Wildman–Crippen LogP) is 7.22. The summed E-state index contributed by atoms with van der Waals surface area (Å²) in [6, 6.07) is 29.2. The van der Waals surface area contributed by atoms with Gasteiger partial charge in [0.2, 0.25) is 0 Å². The third-order valence-electron chi connectivity index (χ3n) is 10.0. The molecule has 0 saturated carbocycles. The largest absolute Gasteiger partial charge is 0.460 e. The fourth-order valence-corrected chi connectivity index (χ4v) is 7.47. The van der Waals surface area contributed by atoms with Gasteiger partial charge in [0.15, 0.2) is 0 Å². The third-order valence-corrected chi connectivity index (χ3v) is 10.0. The fraction of sp³-hybridized carbons (Fsp3) is 0.140. The first-order chi connectivity index (χ1) is 25.5. The average Bonchev–Trinajstić information content (AvgIpc) is 3.49. The molecule has 3 aliphatic rings. The topological polar surface area (TPSA) is 149 Å². The normalized spacial score (nSPS) is 14.2. The molecule has 0 N–H and O–H groups in total. The Morgan fingerprint density at radius 2 is 1.17 bits per heavy atom. The summed E-state index contributed by atoms with van der Waals surface area (Å²) < 4.78 is 5.62. The van der Waals surface area contributed by atoms with E-state index in [0.29, 0.717) is 33.5 Å². The molecule has 53 heavy (non-hydrogen) atoms. The summed E-state index contributed by atoms with van der Waals surface area (Å²) in [5, 5.41) is 19.8. The molecule has 0 radical (unpaired) electrons. The minimum absolute atomic E-state index is 0.0821. The summed E-state index contributed by atoms with van der Waals surface area (Å²) in [5.41, 5.74) is 4.99. The van der Waals surface area contributed by atoms with Gasteiger partial charge in [0.1, 0.15) is 24.3 Å². The smallest absolute Gasteiger partial charge is 0.338 e. The Kier molecular flexibility index (Phi) is 7.45. The molecule has 8 rings (SSSR count). The summed E-state index contributed by atoms with van der Waals surface area (Å²) in [6.45, 7) is 5.63. The van der Waals surface area contributed by atoms with Gasteiger partial charge in [-0.3, -0.25) is 24.1 Å². The molecular weight excluding hydrogens is 668 g/mol. The highest BCUT2D eigenvalue weighted by molar-refractivity contribution is 6.39. The van der Waals surface area contributed by atoms with Crippen molar-refractivity contribution in [2.45, 2.75) is 26.2 Å². The maximum Gasteiger partial charge on any atom is 0.338 e. The highest BCUT2D eigenvalue weighted by atomic mass is 16.5. The van der Waals surface area contributed by atoms with E-state index in [0.717, 1.165) is 15.4 Å². The van der Waals surface area contributed by atoms with Gasteiger partial charge in [-0.1, -0.05) is 69.3 Å². The quantitative estimate of drug-likeness (QED) is 0.104. The minimum atomic E-state index is -0.709. The van der Waals surface area contributed by atoms with Crippen LogP contribution >= 0.6 is 0 Å². The van der Waals surface area contributed by atoms with E-state index in [-0.39, 0.29) is 62.7 Å². The van der Waals surface area contributed by atoms with Crippen LogP contribution in [-0.4, -0.2) is 47.6 Å². The van der Waals surface area contributed by atoms with Crippen LogP contribution in [0.25, 0.3) is 27.5 Å². The standard InChI is InChI=1S/C43H28N4O6/c1-43(2,3)24-11-13-25(14-12-24)47-40(50)31-17-15-29-36-30(16-18-32(37(31)36)41(47)51)39(49)46(38(29)48)19-20-53-42(52)33-10-6-9-28-34(23(21-44)22-45)26-7-4-5-8-27(26)35(28)33/h4-18H,19-20H2,1-3H3. The second-order valence-corrected chi connectivity index (χ2v) is 14.0. The van der Waals surface area contributed by atoms with Crippen LogP contribution in [0.5, 0.6) is 0 Å². The maximum atomic E-state index is 13.8. The van der Waals surface area contributed by atoms with Crippen molar-refractivity contribution in [3.8, 4) is 23.3 Å². The first-order valence-corrected chi connectivity index (χ1v) is 16.9. The number of carbonyl (C=O) groups excluding carboxylic acids is 5. The van der Waals surface area contributed by atoms with E-state index in [9.17, 15) is 34.5 Å². The molecule has 0 fully saturated rings. The lowest BCUT2D eigenvalue weighted by molar-refractivity contribution is 0.0405. The van der Waals surface area contributed by atoms with Gasteiger partial charge in [0.05, 0.1) is 17.8 Å². The van der Waals surface area contributed by atoms with E-state index in [4.69, 9.17) is 4.74 Å². The number of nitriles is 2. The Balaban J connectivity index is 1.06. The molecule has 2 heterocycles. The Bertz CT molecular complexity index is 2560. The van der Waals surface area contributed by atoms with Crippen molar-refractivity contribution in [1.82, 2.24) is 4.90 Å². The van der Waals surface area contributed by atoms with Crippen LogP contribution in [0.15, 0.2) is 96.6 Å². The van der Waals surface area contributed by atoms with Gasteiger partial charge < -0.3 is 4.74 Å². The number of imide groups is 2. The van der Waals surface area contributed by atoms with Gasteiger partial charge in [-0.15, -0.1) is 0 Å². The monoisotopic (exact) mass is 696 g/mol. The average molecular weight is 697 g/mol. The third kappa shape index (κ3) is 4.88. The molecule has 1 aliphatic carbocycles. The Morgan fingerprint density at radius 3 is 1.72 bits per heavy atom. The zero-order valence-electron chi connectivity index (χ0n) is 28.8. The van der Waals surface area contributed by atoms with Crippen LogP contribution in [0.3, 0.4) is 0 Å². The van der Waals surface area contributed by atoms with Crippen LogP contribution in [0.2, 0.25) is 0 Å². The number of carbonyl (C=O) groups is 5. The lowest BCUT2D eigenvalue weighted by Gasteiger charge is -2.32. The molecule has 0 aromatic heterocycles. The Morgan fingerprint density at radius 1 is 0.642 bits per heavy atom. The molecule has 4 amide bonds. The van der Waals surface area contributed by atoms with E-state index in [1.807, 2.05) is 24.3 Å². The highest BCUT2D eigenvalue weighted by Gasteiger charge is 2.40. The van der Waals surface area contributed by atoms with Gasteiger partial charge in [0, 0.05) is 44.2 Å². The SMILES string of the molecule is CC(C)(C)c1ccc(N2C(=O)c3ccc4c5c(ccc(c35)C2=O)C(=O)N(CCOC(=O)c2cccc3c2-c2ccccc2C3=C(C#N)C#N)C4=O)cc1. The van der Waals surface area contributed by atoms with Crippen molar-refractivity contribution in [3.05, 3.63) is 141 Å². The summed E-state index contributed by atoms with van der Waals surface area (Å²) >= 11 is 0. The molecule has 0 spiro atoms. The molecule has 0 saturated heterocycles. The number of esters is 1. The van der Waals surface area contributed by atoms with Crippen molar-refractivity contribution in [2.75, 3.05) is 18.1 Å². The molecule has 2 aliphatic heterocycles. The van der Waals surface area contributed by atoms with Crippen molar-refractivity contribution < 1.29 is 28.7 Å². The van der Waals surface area contributed by atoms with E-state index >= 15 is 0 Å². The van der Waals surface area contributed by atoms with E-state index in [1.54, 1.807) is 54.6 Å². The molecule has 256 valence electrons. The van der Waals surface area contributed by atoms with Gasteiger partial charge in [0.25, 0.3) is 23.6 Å². The highest BCUT2D eigenvalue weighted by Crippen LogP contribution is 2.47. The number of allylic oxidation sites excluding steroid dienone is 1. The lowest BCUT2D eigenvalue weighted by atomic mass is 9.85. The number of nitrogens with zero attached hydrogens (tertiary/aromatic N) is 4. The molecule has 0 atom stereocenters. The molecule has 0 unspecified atom stereocenters. The van der Waals surface area contributed by atoms with Gasteiger partial charge in [-0.2, -0.15) is 10.5 Å². The number of anilines is 1. The Hall–Kier alpha value is -7.17. The van der Waals surface area contributed by atoms with Gasteiger partial charge >= 0.3 is 5.97 Å². The van der Waals surface area contributed by atoms with E-state index in [1.165, 1.54) is 24.3 Å². The zero-order valence-corrected chi connectivity index (χ0v) is 28.8. The minimum Gasteiger partial charge on any atom is -0.460 e. The first kappa shape index (κ1) is 33.0. The van der Waals surface area contributed by atoms with Crippen molar-refractivity contribution in [3.63, 3.8) is 0 Å². The number of benzene rings is 5. The number of hydrogen-bond acceptors (Lipinski definition) is 8. The van der Waals surface area contributed by atoms with Crippen molar-refractivity contribution in [2.24, 2.45) is 0 Å². The molecule has 10 heteroatoms. The molecule has 0 bridgehead atoms. The number of amides is 4. The molecule has 5 aromatic carbocycles. The van der Waals surface area contributed by atoms with E-state index in [2.05, 4.69) is 20.8 Å². The second-order valence-electron chi connectivity index (χ2n) is 14.0. The molecular formula is C43H28N4O6. The van der Waals surface area contributed by atoms with Gasteiger partial charge in [-0.25, -0.2) is 9.69 Å². The maximum absolute atomic E-state index is 13.8. The predicted molar refractivity (Wildman–Crippen MR) is 195 cm³/mol. The van der Waals surface area contributed by atoms with Gasteiger partial charge in [-0.05, 0) is 70.1 Å². The fourth-order valence-electron chi connectivity index (χ4n) is 7.47. The van der Waals surface area contributed by atoms with E-state index < -0.39 is 29.6 Å². The van der Waals surface area contributed by atoms with Crippen LogP contribution in [0.4, 0.5) is 5.69 Å². The number of ether oxygens (including phenoxy) is 1. The lowest BCUT2D eigenvalue weighted by Crippen LogP contribution is -2.44. The zero-order chi connectivity index (χ0) is 37.3. The van der Waals surface area contributed by atoms with Crippen molar-refractivity contribution in [1.29, 1.82) is 10.5 Å². The number of fused-ring (bicyclic) bond motifs is 3. The molecule has 10 nitrogen and oxygen atoms in total. The van der Waals surface area contributed by atoms with Crippen LogP contribution < -0.4 is 4.90 Å². The summed E-state index contributed by atoms with van der Waals surface area (Å²) in [6.07, 6.45) is 0. The summed E-state index contributed by atoms with van der Waals surface area (Å²) in [4.78, 5) is 71.0. The Labute approximate surface area is 303 Å². The number of hydrogen-bond donors (Lipinski definition) is 0. The van der Waals surface area contributed by atoms with Crippen molar-refractivity contribution >= 4 is 51.6 Å². The van der Waals surface area contributed by atoms with Crippen LogP contribution in [-0.2, 0) is 10.2 Å².